The quantitative estimate of drug-likeness (QED) is 0.429. The van der Waals surface area contributed by atoms with E-state index in [0.717, 1.165) is 29.6 Å². The standard InChI is InChI=1S/C14H23N5OS.HI/c1-9-10(2)21-12(17-9)7-16-14(15-3)18-11-5-6-13(20)19(4)8-11;/h11H,5-8H2,1-4H3,(H2,15,16,18);1H. The van der Waals surface area contributed by atoms with Crippen molar-refractivity contribution in [1.82, 2.24) is 20.5 Å². The molecule has 1 saturated heterocycles. The Morgan fingerprint density at radius 2 is 2.23 bits per heavy atom. The van der Waals surface area contributed by atoms with Crippen molar-refractivity contribution in [3.8, 4) is 0 Å². The third-order valence-corrected chi connectivity index (χ3v) is 4.74. The Hall–Kier alpha value is -0.900. The molecule has 1 aliphatic rings. The Balaban J connectivity index is 0.00000242. The molecule has 2 heterocycles. The normalized spacial score (nSPS) is 18.9. The number of hydrogen-bond donors (Lipinski definition) is 2. The number of guanidine groups is 1. The minimum Gasteiger partial charge on any atom is -0.352 e. The number of aromatic nitrogens is 1. The molecule has 0 radical (unpaired) electrons. The molecule has 2 rings (SSSR count). The van der Waals surface area contributed by atoms with Crippen molar-refractivity contribution >= 4 is 47.2 Å². The fraction of sp³-hybridized carbons (Fsp3) is 0.643. The SMILES string of the molecule is CN=C(NCc1nc(C)c(C)s1)NC1CCC(=O)N(C)C1.I. The topological polar surface area (TPSA) is 69.6 Å². The summed E-state index contributed by atoms with van der Waals surface area (Å²) in [4.78, 5) is 23.2. The second-order valence-electron chi connectivity index (χ2n) is 5.33. The molecule has 1 aromatic heterocycles. The number of carbonyl (C=O) groups is 1. The summed E-state index contributed by atoms with van der Waals surface area (Å²) in [6.45, 7) is 5.49. The monoisotopic (exact) mass is 437 g/mol. The molecular weight excluding hydrogens is 413 g/mol. The molecule has 0 aliphatic carbocycles. The Morgan fingerprint density at radius 3 is 2.77 bits per heavy atom. The van der Waals surface area contributed by atoms with Crippen molar-refractivity contribution in [2.45, 2.75) is 39.3 Å². The predicted molar refractivity (Wildman–Crippen MR) is 101 cm³/mol. The van der Waals surface area contributed by atoms with Crippen molar-refractivity contribution in [1.29, 1.82) is 0 Å². The highest BCUT2D eigenvalue weighted by atomic mass is 127. The van der Waals surface area contributed by atoms with E-state index in [0.29, 0.717) is 13.0 Å². The van der Waals surface area contributed by atoms with Gasteiger partial charge < -0.3 is 15.5 Å². The van der Waals surface area contributed by atoms with Gasteiger partial charge in [-0.05, 0) is 20.3 Å². The highest BCUT2D eigenvalue weighted by molar-refractivity contribution is 14.0. The number of amides is 1. The van der Waals surface area contributed by atoms with Gasteiger partial charge in [-0.25, -0.2) is 4.98 Å². The van der Waals surface area contributed by atoms with E-state index in [1.165, 1.54) is 4.88 Å². The van der Waals surface area contributed by atoms with Crippen LogP contribution in [0.15, 0.2) is 4.99 Å². The summed E-state index contributed by atoms with van der Waals surface area (Å²) >= 11 is 1.70. The molecule has 2 N–H and O–H groups in total. The van der Waals surface area contributed by atoms with Gasteiger partial charge in [0.1, 0.15) is 5.01 Å². The van der Waals surface area contributed by atoms with E-state index in [1.807, 2.05) is 14.0 Å². The van der Waals surface area contributed by atoms with Gasteiger partial charge >= 0.3 is 0 Å². The van der Waals surface area contributed by atoms with Gasteiger partial charge in [0.05, 0.1) is 12.2 Å². The zero-order chi connectivity index (χ0) is 15.4. The second kappa shape index (κ2) is 8.66. The summed E-state index contributed by atoms with van der Waals surface area (Å²) in [5.41, 5.74) is 1.09. The van der Waals surface area contributed by atoms with Gasteiger partial charge in [0, 0.05) is 38.0 Å². The van der Waals surface area contributed by atoms with Crippen molar-refractivity contribution in [2.24, 2.45) is 4.99 Å². The summed E-state index contributed by atoms with van der Waals surface area (Å²) in [5, 5.41) is 7.71. The van der Waals surface area contributed by atoms with Crippen LogP contribution in [-0.4, -0.2) is 48.4 Å². The van der Waals surface area contributed by atoms with E-state index in [9.17, 15) is 4.79 Å². The Bertz CT molecular complexity index is 526. The smallest absolute Gasteiger partial charge is 0.222 e. The summed E-state index contributed by atoms with van der Waals surface area (Å²) in [7, 11) is 3.60. The lowest BCUT2D eigenvalue weighted by Crippen LogP contribution is -2.51. The molecule has 1 amide bonds. The minimum absolute atomic E-state index is 0. The number of hydrogen-bond acceptors (Lipinski definition) is 4. The number of piperidine rings is 1. The summed E-state index contributed by atoms with van der Waals surface area (Å²) in [5.74, 6) is 0.970. The van der Waals surface area contributed by atoms with Crippen LogP contribution in [0.1, 0.15) is 28.4 Å². The Kier molecular flexibility index (Phi) is 7.54. The number of nitrogens with zero attached hydrogens (tertiary/aromatic N) is 3. The lowest BCUT2D eigenvalue weighted by molar-refractivity contribution is -0.132. The Labute approximate surface area is 152 Å². The van der Waals surface area contributed by atoms with Crippen LogP contribution in [0.25, 0.3) is 0 Å². The first-order chi connectivity index (χ1) is 9.99. The summed E-state index contributed by atoms with van der Waals surface area (Å²) in [6.07, 6.45) is 1.44. The number of rotatable bonds is 3. The second-order valence-corrected chi connectivity index (χ2v) is 6.62. The van der Waals surface area contributed by atoms with Crippen molar-refractivity contribution < 1.29 is 4.79 Å². The largest absolute Gasteiger partial charge is 0.352 e. The van der Waals surface area contributed by atoms with Crippen LogP contribution in [0.5, 0.6) is 0 Å². The Morgan fingerprint density at radius 1 is 1.50 bits per heavy atom. The number of likely N-dealkylation sites (N-methyl/N-ethyl adjacent to an activating group) is 1. The molecule has 1 unspecified atom stereocenters. The lowest BCUT2D eigenvalue weighted by Gasteiger charge is -2.31. The maximum atomic E-state index is 11.5. The first-order valence-electron chi connectivity index (χ1n) is 7.13. The minimum atomic E-state index is 0. The third-order valence-electron chi connectivity index (χ3n) is 3.67. The number of nitrogens with one attached hydrogen (secondary N) is 2. The molecule has 8 heteroatoms. The van der Waals surface area contributed by atoms with E-state index in [2.05, 4.69) is 27.5 Å². The molecule has 124 valence electrons. The maximum absolute atomic E-state index is 11.5. The average Bonchev–Trinajstić information content (AvgIpc) is 2.77. The van der Waals surface area contributed by atoms with Crippen LogP contribution in [0, 0.1) is 13.8 Å². The molecule has 1 fully saturated rings. The number of aliphatic imine (C=N–C) groups is 1. The van der Waals surface area contributed by atoms with E-state index < -0.39 is 0 Å². The summed E-state index contributed by atoms with van der Waals surface area (Å²) < 4.78 is 0. The number of aryl methyl sites for hydroxylation is 2. The zero-order valence-corrected chi connectivity index (χ0v) is 16.6. The van der Waals surface area contributed by atoms with Gasteiger partial charge in [-0.2, -0.15) is 0 Å². The van der Waals surface area contributed by atoms with Crippen molar-refractivity contribution in [2.75, 3.05) is 20.6 Å². The van der Waals surface area contributed by atoms with Gasteiger partial charge in [-0.15, -0.1) is 35.3 Å². The van der Waals surface area contributed by atoms with Gasteiger partial charge in [-0.1, -0.05) is 0 Å². The molecule has 0 aromatic carbocycles. The van der Waals surface area contributed by atoms with Crippen LogP contribution in [0.4, 0.5) is 0 Å². The molecule has 1 aromatic rings. The first kappa shape index (κ1) is 19.1. The van der Waals surface area contributed by atoms with Gasteiger partial charge in [0.15, 0.2) is 5.96 Å². The fourth-order valence-electron chi connectivity index (χ4n) is 2.29. The molecule has 1 aliphatic heterocycles. The van der Waals surface area contributed by atoms with Gasteiger partial charge in [0.2, 0.25) is 5.91 Å². The first-order valence-corrected chi connectivity index (χ1v) is 7.95. The van der Waals surface area contributed by atoms with Gasteiger partial charge in [-0.3, -0.25) is 9.79 Å². The average molecular weight is 437 g/mol. The van der Waals surface area contributed by atoms with Crippen LogP contribution < -0.4 is 10.6 Å². The third kappa shape index (κ3) is 5.08. The maximum Gasteiger partial charge on any atom is 0.222 e. The van der Waals surface area contributed by atoms with Gasteiger partial charge in [0.25, 0.3) is 0 Å². The fourth-order valence-corrected chi connectivity index (χ4v) is 3.17. The van der Waals surface area contributed by atoms with Crippen molar-refractivity contribution in [3.63, 3.8) is 0 Å². The number of halogens is 1. The number of likely N-dealkylation sites (tertiary alicyclic amines) is 1. The summed E-state index contributed by atoms with van der Waals surface area (Å²) in [6, 6.07) is 0.249. The number of carbonyl (C=O) groups excluding carboxylic acids is 1. The molecule has 6 nitrogen and oxygen atoms in total. The molecule has 0 bridgehead atoms. The molecule has 0 spiro atoms. The highest BCUT2D eigenvalue weighted by Gasteiger charge is 2.23. The van der Waals surface area contributed by atoms with Crippen molar-refractivity contribution in [3.05, 3.63) is 15.6 Å². The van der Waals surface area contributed by atoms with E-state index >= 15 is 0 Å². The van der Waals surface area contributed by atoms with Crippen LogP contribution in [0.3, 0.4) is 0 Å². The lowest BCUT2D eigenvalue weighted by atomic mass is 10.1. The number of thiazole rings is 1. The molecule has 0 saturated carbocycles. The molecular formula is C14H24IN5OS. The van der Waals surface area contributed by atoms with Crippen LogP contribution in [-0.2, 0) is 11.3 Å². The van der Waals surface area contributed by atoms with E-state index in [1.54, 1.807) is 23.3 Å². The molecule has 1 atom stereocenters. The van der Waals surface area contributed by atoms with E-state index in [-0.39, 0.29) is 35.9 Å². The van der Waals surface area contributed by atoms with E-state index in [4.69, 9.17) is 0 Å². The predicted octanol–water partition coefficient (Wildman–Crippen LogP) is 1.66. The molecule has 22 heavy (non-hydrogen) atoms. The zero-order valence-electron chi connectivity index (χ0n) is 13.5. The highest BCUT2D eigenvalue weighted by Crippen LogP contribution is 2.16. The van der Waals surface area contributed by atoms with Crippen LogP contribution in [0.2, 0.25) is 0 Å². The van der Waals surface area contributed by atoms with Crippen LogP contribution >= 0.6 is 35.3 Å².